The van der Waals surface area contributed by atoms with Gasteiger partial charge in [0.15, 0.2) is 0 Å². The van der Waals surface area contributed by atoms with Gasteiger partial charge in [0.2, 0.25) is 0 Å². The monoisotopic (exact) mass is 288 g/mol. The van der Waals surface area contributed by atoms with Crippen molar-refractivity contribution in [3.8, 4) is 0 Å². The summed E-state index contributed by atoms with van der Waals surface area (Å²) >= 11 is 0. The van der Waals surface area contributed by atoms with Gasteiger partial charge in [-0.3, -0.25) is 4.79 Å². The lowest BCUT2D eigenvalue weighted by Crippen LogP contribution is -2.42. The van der Waals surface area contributed by atoms with Gasteiger partial charge in [-0.1, -0.05) is 38.3 Å². The fraction of sp³-hybridized carbons (Fsp3) is 0.611. The van der Waals surface area contributed by atoms with Gasteiger partial charge in [0.1, 0.15) is 0 Å². The van der Waals surface area contributed by atoms with Gasteiger partial charge in [0.25, 0.3) is 5.91 Å². The highest BCUT2D eigenvalue weighted by Gasteiger charge is 2.25. The lowest BCUT2D eigenvalue weighted by molar-refractivity contribution is 0.0905. The molecule has 0 aliphatic heterocycles. The van der Waals surface area contributed by atoms with Crippen molar-refractivity contribution < 1.29 is 4.79 Å². The highest BCUT2D eigenvalue weighted by atomic mass is 16.1. The van der Waals surface area contributed by atoms with Gasteiger partial charge in [-0.05, 0) is 44.7 Å². The van der Waals surface area contributed by atoms with Gasteiger partial charge in [-0.2, -0.15) is 0 Å². The summed E-state index contributed by atoms with van der Waals surface area (Å²) in [7, 11) is 0. The molecule has 0 radical (unpaired) electrons. The molecule has 0 aromatic heterocycles. The molecule has 1 aromatic carbocycles. The van der Waals surface area contributed by atoms with Crippen LogP contribution in [0.1, 0.15) is 63.2 Å². The van der Waals surface area contributed by atoms with E-state index in [-0.39, 0.29) is 5.91 Å². The van der Waals surface area contributed by atoms with Crippen LogP contribution in [-0.4, -0.2) is 18.0 Å². The first-order chi connectivity index (χ1) is 10.1. The molecule has 1 fully saturated rings. The number of benzene rings is 1. The third-order valence-electron chi connectivity index (χ3n) is 4.37. The number of anilines is 1. The summed E-state index contributed by atoms with van der Waals surface area (Å²) in [5.41, 5.74) is 1.68. The van der Waals surface area contributed by atoms with Crippen LogP contribution in [0.5, 0.6) is 0 Å². The van der Waals surface area contributed by atoms with Gasteiger partial charge in [-0.25, -0.2) is 0 Å². The summed E-state index contributed by atoms with van der Waals surface area (Å²) in [5.74, 6) is 0.692. The van der Waals surface area contributed by atoms with Gasteiger partial charge < -0.3 is 10.6 Å². The smallest absolute Gasteiger partial charge is 0.253 e. The van der Waals surface area contributed by atoms with Crippen LogP contribution in [-0.2, 0) is 0 Å². The molecule has 1 amide bonds. The Morgan fingerprint density at radius 2 is 1.95 bits per heavy atom. The van der Waals surface area contributed by atoms with Crippen LogP contribution < -0.4 is 10.6 Å². The molecule has 116 valence electrons. The molecule has 0 saturated heterocycles. The predicted octanol–water partition coefficient (Wildman–Crippen LogP) is 4.21. The number of carbonyl (C=O) groups excluding carboxylic acids is 1. The molecule has 0 spiro atoms. The van der Waals surface area contributed by atoms with Crippen molar-refractivity contribution in [1.29, 1.82) is 0 Å². The molecule has 0 bridgehead atoms. The van der Waals surface area contributed by atoms with Crippen molar-refractivity contribution in [3.05, 3.63) is 29.8 Å². The second-order valence-corrected chi connectivity index (χ2v) is 6.38. The van der Waals surface area contributed by atoms with Crippen molar-refractivity contribution in [3.63, 3.8) is 0 Å². The van der Waals surface area contributed by atoms with E-state index in [1.807, 2.05) is 24.3 Å². The Morgan fingerprint density at radius 3 is 2.67 bits per heavy atom. The lowest BCUT2D eigenvalue weighted by atomic mass is 9.83. The third kappa shape index (κ3) is 4.23. The molecule has 0 heterocycles. The number of carbonyl (C=O) groups is 1. The minimum Gasteiger partial charge on any atom is -0.382 e. The second kappa shape index (κ2) is 7.48. The standard InChI is InChI=1S/C18H28N2O/c1-4-14-9-5-7-11-16(14)20-18(21)15-10-6-8-12-17(15)19-13(2)3/h6,8,10,12-14,16,19H,4-5,7,9,11H2,1-3H3,(H,20,21). The molecule has 2 atom stereocenters. The molecule has 3 nitrogen and oxygen atoms in total. The lowest BCUT2D eigenvalue weighted by Gasteiger charge is -2.31. The zero-order chi connectivity index (χ0) is 15.2. The van der Waals surface area contributed by atoms with Crippen molar-refractivity contribution >= 4 is 11.6 Å². The first kappa shape index (κ1) is 15.9. The van der Waals surface area contributed by atoms with E-state index in [9.17, 15) is 4.79 Å². The van der Waals surface area contributed by atoms with Crippen molar-refractivity contribution in [2.45, 2.75) is 65.0 Å². The molecule has 1 aromatic rings. The van der Waals surface area contributed by atoms with E-state index in [1.165, 1.54) is 19.3 Å². The molecule has 2 rings (SSSR count). The molecule has 1 aliphatic rings. The molecule has 21 heavy (non-hydrogen) atoms. The number of nitrogens with one attached hydrogen (secondary N) is 2. The van der Waals surface area contributed by atoms with Crippen molar-refractivity contribution in [2.24, 2.45) is 5.92 Å². The van der Waals surface area contributed by atoms with Crippen LogP contribution in [0.4, 0.5) is 5.69 Å². The summed E-state index contributed by atoms with van der Waals surface area (Å²) in [5, 5.41) is 6.63. The van der Waals surface area contributed by atoms with Gasteiger partial charge in [-0.15, -0.1) is 0 Å². The third-order valence-corrected chi connectivity index (χ3v) is 4.37. The maximum atomic E-state index is 12.6. The number of para-hydroxylation sites is 1. The molecular weight excluding hydrogens is 260 g/mol. The Morgan fingerprint density at radius 1 is 1.24 bits per heavy atom. The van der Waals surface area contributed by atoms with E-state index in [0.29, 0.717) is 18.0 Å². The second-order valence-electron chi connectivity index (χ2n) is 6.38. The zero-order valence-electron chi connectivity index (χ0n) is 13.5. The number of hydrogen-bond acceptors (Lipinski definition) is 2. The van der Waals surface area contributed by atoms with Crippen LogP contribution in [0.2, 0.25) is 0 Å². The molecule has 2 unspecified atom stereocenters. The summed E-state index contributed by atoms with van der Waals surface area (Å²) in [6.45, 7) is 6.40. The molecule has 1 saturated carbocycles. The molecular formula is C18H28N2O. The fourth-order valence-electron chi connectivity index (χ4n) is 3.25. The molecule has 3 heteroatoms. The number of rotatable bonds is 5. The van der Waals surface area contributed by atoms with Crippen LogP contribution in [0.15, 0.2) is 24.3 Å². The zero-order valence-corrected chi connectivity index (χ0v) is 13.5. The largest absolute Gasteiger partial charge is 0.382 e. The van der Waals surface area contributed by atoms with Gasteiger partial charge in [0, 0.05) is 17.8 Å². The normalized spacial score (nSPS) is 22.1. The van der Waals surface area contributed by atoms with E-state index in [2.05, 4.69) is 31.4 Å². The topological polar surface area (TPSA) is 41.1 Å². The maximum Gasteiger partial charge on any atom is 0.253 e. The first-order valence-corrected chi connectivity index (χ1v) is 8.28. The minimum absolute atomic E-state index is 0.0594. The summed E-state index contributed by atoms with van der Waals surface area (Å²) < 4.78 is 0. The quantitative estimate of drug-likeness (QED) is 0.852. The SMILES string of the molecule is CCC1CCCCC1NC(=O)c1ccccc1NC(C)C. The van der Waals surface area contributed by atoms with Crippen molar-refractivity contribution in [2.75, 3.05) is 5.32 Å². The predicted molar refractivity (Wildman–Crippen MR) is 88.7 cm³/mol. The van der Waals surface area contributed by atoms with Gasteiger partial charge >= 0.3 is 0 Å². The van der Waals surface area contributed by atoms with E-state index in [1.54, 1.807) is 0 Å². The van der Waals surface area contributed by atoms with E-state index in [0.717, 1.165) is 24.1 Å². The Balaban J connectivity index is 2.09. The average Bonchev–Trinajstić information content (AvgIpc) is 2.47. The maximum absolute atomic E-state index is 12.6. The molecule has 2 N–H and O–H groups in total. The highest BCUT2D eigenvalue weighted by molar-refractivity contribution is 5.99. The fourth-order valence-corrected chi connectivity index (χ4v) is 3.25. The summed E-state index contributed by atoms with van der Waals surface area (Å²) in [6.07, 6.45) is 6.04. The van der Waals surface area contributed by atoms with E-state index in [4.69, 9.17) is 0 Å². The Bertz CT molecular complexity index is 470. The van der Waals surface area contributed by atoms with Gasteiger partial charge in [0.05, 0.1) is 5.56 Å². The number of amides is 1. The van der Waals surface area contributed by atoms with Crippen LogP contribution in [0.3, 0.4) is 0 Å². The Hall–Kier alpha value is -1.51. The average molecular weight is 288 g/mol. The first-order valence-electron chi connectivity index (χ1n) is 8.28. The number of hydrogen-bond donors (Lipinski definition) is 2. The Kier molecular flexibility index (Phi) is 5.66. The minimum atomic E-state index is 0.0594. The van der Waals surface area contributed by atoms with E-state index >= 15 is 0 Å². The van der Waals surface area contributed by atoms with Crippen LogP contribution in [0, 0.1) is 5.92 Å². The summed E-state index contributed by atoms with van der Waals surface area (Å²) in [4.78, 5) is 12.6. The van der Waals surface area contributed by atoms with E-state index < -0.39 is 0 Å². The van der Waals surface area contributed by atoms with Crippen LogP contribution >= 0.6 is 0 Å². The van der Waals surface area contributed by atoms with Crippen LogP contribution in [0.25, 0.3) is 0 Å². The molecule has 1 aliphatic carbocycles. The van der Waals surface area contributed by atoms with Crippen molar-refractivity contribution in [1.82, 2.24) is 5.32 Å². The highest BCUT2D eigenvalue weighted by Crippen LogP contribution is 2.27. The summed E-state index contributed by atoms with van der Waals surface area (Å²) in [6, 6.07) is 8.44. The Labute approximate surface area is 128 Å².